The Morgan fingerprint density at radius 2 is 2.10 bits per heavy atom. The first kappa shape index (κ1) is 13.1. The van der Waals surface area contributed by atoms with Gasteiger partial charge in [0.1, 0.15) is 6.10 Å². The highest BCUT2D eigenvalue weighted by atomic mass is 32.1. The maximum atomic E-state index is 10.5. The van der Waals surface area contributed by atoms with Crippen LogP contribution in [-0.2, 0) is 6.42 Å². The molecular formula is C15H15N3OS. The van der Waals surface area contributed by atoms with Gasteiger partial charge in [-0.2, -0.15) is 0 Å². The van der Waals surface area contributed by atoms with Gasteiger partial charge in [-0.1, -0.05) is 23.5 Å². The molecule has 0 fully saturated rings. The van der Waals surface area contributed by atoms with Gasteiger partial charge in [-0.3, -0.25) is 4.98 Å². The van der Waals surface area contributed by atoms with Gasteiger partial charge < -0.3 is 5.11 Å². The fraction of sp³-hybridized carbons (Fsp3) is 0.267. The topological polar surface area (TPSA) is 58.9 Å². The van der Waals surface area contributed by atoms with Crippen LogP contribution in [0.2, 0.25) is 0 Å². The second-order valence-corrected chi connectivity index (χ2v) is 5.53. The molecule has 20 heavy (non-hydrogen) atoms. The number of aliphatic hydroxyl groups excluding tert-OH is 1. The van der Waals surface area contributed by atoms with Gasteiger partial charge in [0.2, 0.25) is 0 Å². The van der Waals surface area contributed by atoms with Crippen molar-refractivity contribution in [2.75, 3.05) is 0 Å². The third-order valence-corrected chi connectivity index (χ3v) is 4.16. The summed E-state index contributed by atoms with van der Waals surface area (Å²) in [5, 5.41) is 15.6. The zero-order valence-electron chi connectivity index (χ0n) is 11.4. The lowest BCUT2D eigenvalue weighted by molar-refractivity contribution is 0.223. The molecular weight excluding hydrogens is 270 g/mol. The minimum Gasteiger partial charge on any atom is -0.383 e. The van der Waals surface area contributed by atoms with E-state index in [0.717, 1.165) is 39.2 Å². The molecule has 1 atom stereocenters. The van der Waals surface area contributed by atoms with E-state index in [0.29, 0.717) is 0 Å². The molecule has 0 aliphatic heterocycles. The van der Waals surface area contributed by atoms with E-state index in [4.69, 9.17) is 0 Å². The van der Waals surface area contributed by atoms with E-state index < -0.39 is 6.10 Å². The maximum Gasteiger partial charge on any atom is 0.117 e. The Hall–Kier alpha value is -1.85. The van der Waals surface area contributed by atoms with Crippen molar-refractivity contribution >= 4 is 22.4 Å². The van der Waals surface area contributed by atoms with Crippen LogP contribution in [0.1, 0.15) is 34.9 Å². The van der Waals surface area contributed by atoms with E-state index in [1.807, 2.05) is 44.2 Å². The van der Waals surface area contributed by atoms with Crippen molar-refractivity contribution in [2.45, 2.75) is 26.4 Å². The molecule has 5 heteroatoms. The zero-order valence-corrected chi connectivity index (χ0v) is 12.2. The quantitative estimate of drug-likeness (QED) is 0.803. The van der Waals surface area contributed by atoms with Crippen molar-refractivity contribution in [3.8, 4) is 0 Å². The first-order chi connectivity index (χ1) is 9.69. The number of pyridine rings is 1. The Kier molecular flexibility index (Phi) is 3.46. The minimum absolute atomic E-state index is 0.671. The van der Waals surface area contributed by atoms with Gasteiger partial charge in [-0.05, 0) is 48.6 Å². The van der Waals surface area contributed by atoms with Crippen molar-refractivity contribution < 1.29 is 5.11 Å². The smallest absolute Gasteiger partial charge is 0.117 e. The Balaban J connectivity index is 2.03. The number of fused-ring (bicyclic) bond motifs is 1. The van der Waals surface area contributed by atoms with Gasteiger partial charge in [0.25, 0.3) is 0 Å². The van der Waals surface area contributed by atoms with Gasteiger partial charge in [-0.25, -0.2) is 0 Å². The monoisotopic (exact) mass is 285 g/mol. The summed E-state index contributed by atoms with van der Waals surface area (Å²) in [4.78, 5) is 5.29. The van der Waals surface area contributed by atoms with Gasteiger partial charge in [0.05, 0.1) is 16.1 Å². The molecule has 2 aromatic heterocycles. The molecule has 0 saturated heterocycles. The van der Waals surface area contributed by atoms with Gasteiger partial charge in [0.15, 0.2) is 0 Å². The van der Waals surface area contributed by atoms with Crippen molar-refractivity contribution in [3.05, 3.63) is 52.2 Å². The van der Waals surface area contributed by atoms with Gasteiger partial charge >= 0.3 is 0 Å². The Bertz CT molecular complexity index is 754. The third kappa shape index (κ3) is 2.30. The van der Waals surface area contributed by atoms with Crippen LogP contribution >= 0.6 is 11.5 Å². The molecule has 1 aromatic carbocycles. The van der Waals surface area contributed by atoms with Crippen LogP contribution in [0.4, 0.5) is 0 Å². The summed E-state index contributed by atoms with van der Waals surface area (Å²) in [6.45, 7) is 3.98. The molecule has 0 aliphatic rings. The van der Waals surface area contributed by atoms with Crippen LogP contribution in [0, 0.1) is 6.92 Å². The number of aryl methyl sites for hydroxylation is 2. The summed E-state index contributed by atoms with van der Waals surface area (Å²) in [5.74, 6) is 0. The molecule has 0 bridgehead atoms. The second kappa shape index (κ2) is 5.26. The van der Waals surface area contributed by atoms with Gasteiger partial charge in [-0.15, -0.1) is 5.10 Å². The molecule has 102 valence electrons. The largest absolute Gasteiger partial charge is 0.383 e. The molecule has 1 unspecified atom stereocenters. The van der Waals surface area contributed by atoms with Crippen LogP contribution < -0.4 is 0 Å². The summed E-state index contributed by atoms with van der Waals surface area (Å²) in [6, 6.07) is 9.84. The van der Waals surface area contributed by atoms with Crippen LogP contribution in [0.3, 0.4) is 0 Å². The highest BCUT2D eigenvalue weighted by Gasteiger charge is 2.18. The Morgan fingerprint density at radius 1 is 1.25 bits per heavy atom. The molecule has 2 heterocycles. The average molecular weight is 285 g/mol. The predicted molar refractivity (Wildman–Crippen MR) is 79.8 cm³/mol. The lowest BCUT2D eigenvalue weighted by Crippen LogP contribution is -2.01. The van der Waals surface area contributed by atoms with Crippen molar-refractivity contribution in [2.24, 2.45) is 0 Å². The molecule has 3 aromatic rings. The number of aromatic nitrogens is 3. The fourth-order valence-corrected chi connectivity index (χ4v) is 2.99. The molecule has 0 radical (unpaired) electrons. The normalized spacial score (nSPS) is 12.8. The minimum atomic E-state index is -0.671. The predicted octanol–water partition coefficient (Wildman–Crippen LogP) is 3.04. The number of aliphatic hydroxyl groups is 1. The van der Waals surface area contributed by atoms with Crippen LogP contribution in [0.15, 0.2) is 30.3 Å². The lowest BCUT2D eigenvalue weighted by atomic mass is 10.0. The molecule has 0 aliphatic carbocycles. The molecule has 3 rings (SSSR count). The van der Waals surface area contributed by atoms with E-state index in [-0.39, 0.29) is 0 Å². The zero-order chi connectivity index (χ0) is 14.1. The molecule has 4 nitrogen and oxygen atoms in total. The highest BCUT2D eigenvalue weighted by Crippen LogP contribution is 2.29. The molecule has 0 saturated carbocycles. The lowest BCUT2D eigenvalue weighted by Gasteiger charge is -2.10. The molecule has 1 N–H and O–H groups in total. The summed E-state index contributed by atoms with van der Waals surface area (Å²) in [7, 11) is 0. The van der Waals surface area contributed by atoms with Crippen LogP contribution in [0.5, 0.6) is 0 Å². The van der Waals surface area contributed by atoms with E-state index in [1.165, 1.54) is 11.5 Å². The third-order valence-electron chi connectivity index (χ3n) is 3.34. The Labute approximate surface area is 121 Å². The van der Waals surface area contributed by atoms with Crippen LogP contribution in [-0.4, -0.2) is 19.7 Å². The van der Waals surface area contributed by atoms with E-state index in [9.17, 15) is 5.11 Å². The summed E-state index contributed by atoms with van der Waals surface area (Å²) >= 11 is 1.26. The van der Waals surface area contributed by atoms with Crippen LogP contribution in [0.25, 0.3) is 10.9 Å². The number of hydrogen-bond donors (Lipinski definition) is 1. The maximum absolute atomic E-state index is 10.5. The van der Waals surface area contributed by atoms with E-state index >= 15 is 0 Å². The van der Waals surface area contributed by atoms with Crippen molar-refractivity contribution in [1.82, 2.24) is 14.6 Å². The number of nitrogens with zero attached hydrogens (tertiary/aromatic N) is 3. The summed E-state index contributed by atoms with van der Waals surface area (Å²) < 4.78 is 3.93. The summed E-state index contributed by atoms with van der Waals surface area (Å²) in [6.07, 6.45) is 0.104. The van der Waals surface area contributed by atoms with E-state index in [1.54, 1.807) is 0 Å². The first-order valence-electron chi connectivity index (χ1n) is 6.55. The Morgan fingerprint density at radius 3 is 2.90 bits per heavy atom. The van der Waals surface area contributed by atoms with Crippen molar-refractivity contribution in [1.29, 1.82) is 0 Å². The highest BCUT2D eigenvalue weighted by molar-refractivity contribution is 7.05. The van der Waals surface area contributed by atoms with E-state index in [2.05, 4.69) is 14.6 Å². The SMILES string of the molecule is CCc1nnsc1C(O)c1ccc2nc(C)ccc2c1. The second-order valence-electron chi connectivity index (χ2n) is 4.74. The standard InChI is InChI=1S/C15H15N3OS/c1-3-12-15(20-18-17-12)14(19)11-6-7-13-10(8-11)5-4-9(2)16-13/h4-8,14,19H,3H2,1-2H3. The first-order valence-corrected chi connectivity index (χ1v) is 7.33. The number of rotatable bonds is 3. The number of benzene rings is 1. The average Bonchev–Trinajstić information content (AvgIpc) is 2.94. The fourth-order valence-electron chi connectivity index (χ4n) is 2.24. The van der Waals surface area contributed by atoms with Crippen molar-refractivity contribution in [3.63, 3.8) is 0 Å². The molecule has 0 amide bonds. The summed E-state index contributed by atoms with van der Waals surface area (Å²) in [5.41, 5.74) is 3.65. The molecule has 0 spiro atoms. The number of hydrogen-bond acceptors (Lipinski definition) is 5. The van der Waals surface area contributed by atoms with Gasteiger partial charge in [0, 0.05) is 11.1 Å².